The fourth-order valence-corrected chi connectivity index (χ4v) is 3.88. The molecule has 3 atom stereocenters. The maximum atomic E-state index is 12.9. The van der Waals surface area contributed by atoms with Gasteiger partial charge in [0.05, 0.1) is 43.8 Å². The predicted octanol–water partition coefficient (Wildman–Crippen LogP) is 2.24. The van der Waals surface area contributed by atoms with Crippen molar-refractivity contribution in [2.75, 3.05) is 26.7 Å². The average molecular weight is 474 g/mol. The number of aryl methyl sites for hydroxylation is 2. The maximum Gasteiger partial charge on any atom is 0.415 e. The lowest BCUT2D eigenvalue weighted by molar-refractivity contribution is -0.136. The van der Waals surface area contributed by atoms with E-state index in [1.54, 1.807) is 35.0 Å². The summed E-state index contributed by atoms with van der Waals surface area (Å²) in [5.74, 6) is 0.330. The molecule has 1 N–H and O–H groups in total. The van der Waals surface area contributed by atoms with Gasteiger partial charge >= 0.3 is 6.09 Å². The molecule has 2 heterocycles. The second kappa shape index (κ2) is 11.9. The molecule has 1 aliphatic rings. The molecule has 10 heteroatoms. The zero-order chi connectivity index (χ0) is 24.7. The number of hydrogen-bond acceptors (Lipinski definition) is 7. The first kappa shape index (κ1) is 25.6. The van der Waals surface area contributed by atoms with Crippen LogP contribution in [0.15, 0.2) is 30.5 Å². The number of carbonyl (C=O) groups is 2. The number of aliphatic hydroxyl groups excluding tert-OH is 1. The Morgan fingerprint density at radius 3 is 2.79 bits per heavy atom. The van der Waals surface area contributed by atoms with E-state index < -0.39 is 6.09 Å². The third-order valence-corrected chi connectivity index (χ3v) is 6.13. The standard InChI is InChI=1S/C24H35N5O5/c1-17-7-9-21(10-8-17)34-24(32)27(4)14-22-18(2)13-28(19(3)15-30)23(31)6-5-11-29-20(16-33-22)12-25-26-29/h7-10,12,18-19,22,30H,5-6,11,13-16H2,1-4H3/t18-,19+,22+/m1/s1. The molecule has 186 valence electrons. The summed E-state index contributed by atoms with van der Waals surface area (Å²) in [4.78, 5) is 28.8. The van der Waals surface area contributed by atoms with Crippen LogP contribution in [-0.4, -0.2) is 80.8 Å². The summed E-state index contributed by atoms with van der Waals surface area (Å²) in [6, 6.07) is 6.95. The molecule has 1 aliphatic heterocycles. The summed E-state index contributed by atoms with van der Waals surface area (Å²) in [5.41, 5.74) is 1.89. The van der Waals surface area contributed by atoms with E-state index in [-0.39, 0.29) is 43.7 Å². The van der Waals surface area contributed by atoms with Crippen LogP contribution in [0.4, 0.5) is 4.79 Å². The number of benzene rings is 1. The van der Waals surface area contributed by atoms with Gasteiger partial charge in [0.1, 0.15) is 5.75 Å². The van der Waals surface area contributed by atoms with E-state index in [2.05, 4.69) is 10.3 Å². The summed E-state index contributed by atoms with van der Waals surface area (Å²) in [5, 5.41) is 17.8. The van der Waals surface area contributed by atoms with Crippen molar-refractivity contribution in [2.24, 2.45) is 5.92 Å². The highest BCUT2D eigenvalue weighted by atomic mass is 16.6. The number of rotatable bonds is 5. The Kier molecular flexibility index (Phi) is 9.00. The molecule has 0 spiro atoms. The minimum Gasteiger partial charge on any atom is -0.410 e. The van der Waals surface area contributed by atoms with Crippen molar-refractivity contribution in [2.45, 2.75) is 58.9 Å². The monoisotopic (exact) mass is 473 g/mol. The second-order valence-corrected chi connectivity index (χ2v) is 9.02. The van der Waals surface area contributed by atoms with E-state index in [4.69, 9.17) is 9.47 Å². The third-order valence-electron chi connectivity index (χ3n) is 6.13. The van der Waals surface area contributed by atoms with Gasteiger partial charge in [0.2, 0.25) is 5.91 Å². The predicted molar refractivity (Wildman–Crippen MR) is 125 cm³/mol. The minimum absolute atomic E-state index is 0.0264. The topological polar surface area (TPSA) is 110 Å². The van der Waals surface area contributed by atoms with Gasteiger partial charge in [0, 0.05) is 32.5 Å². The minimum atomic E-state index is -0.492. The molecule has 0 bridgehead atoms. The smallest absolute Gasteiger partial charge is 0.410 e. The van der Waals surface area contributed by atoms with Crippen LogP contribution in [0.1, 0.15) is 37.9 Å². The third kappa shape index (κ3) is 6.77. The Labute approximate surface area is 200 Å². The number of aromatic nitrogens is 3. The number of carbonyl (C=O) groups excluding carboxylic acids is 2. The first-order valence-electron chi connectivity index (χ1n) is 11.7. The Morgan fingerprint density at radius 1 is 1.35 bits per heavy atom. The Hall–Kier alpha value is -2.98. The molecule has 0 saturated heterocycles. The molecule has 2 amide bonds. The summed E-state index contributed by atoms with van der Waals surface area (Å²) >= 11 is 0. The van der Waals surface area contributed by atoms with Gasteiger partial charge in [-0.2, -0.15) is 0 Å². The molecule has 10 nitrogen and oxygen atoms in total. The van der Waals surface area contributed by atoms with Crippen molar-refractivity contribution < 1.29 is 24.2 Å². The van der Waals surface area contributed by atoms with Gasteiger partial charge < -0.3 is 24.4 Å². The number of nitrogens with zero attached hydrogens (tertiary/aromatic N) is 5. The molecule has 1 aromatic heterocycles. The molecule has 0 radical (unpaired) electrons. The van der Waals surface area contributed by atoms with Crippen molar-refractivity contribution in [3.05, 3.63) is 41.7 Å². The van der Waals surface area contributed by atoms with Crippen LogP contribution in [0, 0.1) is 12.8 Å². The molecule has 0 unspecified atom stereocenters. The van der Waals surface area contributed by atoms with Crippen molar-refractivity contribution in [1.29, 1.82) is 0 Å². The van der Waals surface area contributed by atoms with Crippen LogP contribution >= 0.6 is 0 Å². The number of hydrogen-bond donors (Lipinski definition) is 1. The lowest BCUT2D eigenvalue weighted by atomic mass is 10.0. The molecule has 34 heavy (non-hydrogen) atoms. The SMILES string of the molecule is Cc1ccc(OC(=O)N(C)C[C@@H]2OCc3cnnn3CCCC(=O)N([C@@H](C)CO)C[C@H]2C)cc1. The van der Waals surface area contributed by atoms with Gasteiger partial charge in [0.25, 0.3) is 0 Å². The second-order valence-electron chi connectivity index (χ2n) is 9.02. The van der Waals surface area contributed by atoms with Gasteiger partial charge in [-0.25, -0.2) is 9.48 Å². The van der Waals surface area contributed by atoms with Crippen LogP contribution in [0.25, 0.3) is 0 Å². The quantitative estimate of drug-likeness (QED) is 0.709. The number of likely N-dealkylation sites (N-methyl/N-ethyl adjacent to an activating group) is 1. The maximum absolute atomic E-state index is 12.9. The zero-order valence-corrected chi connectivity index (χ0v) is 20.4. The Balaban J connectivity index is 1.76. The summed E-state index contributed by atoms with van der Waals surface area (Å²) in [6.07, 6.45) is 1.75. The van der Waals surface area contributed by atoms with Gasteiger partial charge in [-0.05, 0) is 32.4 Å². The van der Waals surface area contributed by atoms with Gasteiger partial charge in [0.15, 0.2) is 0 Å². The number of aliphatic hydroxyl groups is 1. The lowest BCUT2D eigenvalue weighted by Gasteiger charge is -2.35. The van der Waals surface area contributed by atoms with Crippen molar-refractivity contribution in [1.82, 2.24) is 24.8 Å². The fraction of sp³-hybridized carbons (Fsp3) is 0.583. The average Bonchev–Trinajstić information content (AvgIpc) is 3.27. The first-order chi connectivity index (χ1) is 16.3. The molecule has 2 aromatic rings. The zero-order valence-electron chi connectivity index (χ0n) is 20.4. The first-order valence-corrected chi connectivity index (χ1v) is 11.7. The van der Waals surface area contributed by atoms with Gasteiger partial charge in [-0.1, -0.05) is 29.8 Å². The van der Waals surface area contributed by atoms with E-state index in [0.717, 1.165) is 11.3 Å². The Bertz CT molecular complexity index is 947. The molecule has 0 saturated carbocycles. The highest BCUT2D eigenvalue weighted by Gasteiger charge is 2.29. The lowest BCUT2D eigenvalue weighted by Crippen LogP contribution is -2.48. The molecule has 1 aromatic carbocycles. The van der Waals surface area contributed by atoms with E-state index in [1.807, 2.05) is 32.9 Å². The largest absolute Gasteiger partial charge is 0.415 e. The van der Waals surface area contributed by atoms with Gasteiger partial charge in [-0.15, -0.1) is 5.10 Å². The summed E-state index contributed by atoms with van der Waals surface area (Å²) in [6.45, 7) is 7.16. The van der Waals surface area contributed by atoms with Crippen molar-refractivity contribution in [3.63, 3.8) is 0 Å². The van der Waals surface area contributed by atoms with Crippen LogP contribution in [0.3, 0.4) is 0 Å². The molecule has 0 aliphatic carbocycles. The van der Waals surface area contributed by atoms with Crippen molar-refractivity contribution in [3.8, 4) is 5.75 Å². The number of amides is 2. The van der Waals surface area contributed by atoms with Crippen LogP contribution < -0.4 is 4.74 Å². The molecular weight excluding hydrogens is 438 g/mol. The van der Waals surface area contributed by atoms with Crippen molar-refractivity contribution >= 4 is 12.0 Å². The molecule has 3 rings (SSSR count). The molecule has 0 fully saturated rings. The van der Waals surface area contributed by atoms with Gasteiger partial charge in [-0.3, -0.25) is 4.79 Å². The molecular formula is C24H35N5O5. The van der Waals surface area contributed by atoms with Crippen LogP contribution in [0.2, 0.25) is 0 Å². The normalized spacial score (nSPS) is 20.6. The highest BCUT2D eigenvalue weighted by Crippen LogP contribution is 2.19. The van der Waals surface area contributed by atoms with E-state index >= 15 is 0 Å². The van der Waals surface area contributed by atoms with E-state index in [9.17, 15) is 14.7 Å². The van der Waals surface area contributed by atoms with E-state index in [1.165, 1.54) is 4.90 Å². The highest BCUT2D eigenvalue weighted by molar-refractivity contribution is 5.76. The van der Waals surface area contributed by atoms with Crippen LogP contribution in [-0.2, 0) is 22.7 Å². The Morgan fingerprint density at radius 2 is 2.09 bits per heavy atom. The number of fused-ring (bicyclic) bond motifs is 1. The fourth-order valence-electron chi connectivity index (χ4n) is 3.88. The summed E-state index contributed by atoms with van der Waals surface area (Å²) < 4.78 is 13.5. The summed E-state index contributed by atoms with van der Waals surface area (Å²) in [7, 11) is 1.66. The van der Waals surface area contributed by atoms with Crippen LogP contribution in [0.5, 0.6) is 5.75 Å². The number of ether oxygens (including phenoxy) is 2. The van der Waals surface area contributed by atoms with E-state index in [0.29, 0.717) is 31.7 Å².